The number of nitrogens with zero attached hydrogens (tertiary/aromatic N) is 3. The van der Waals surface area contributed by atoms with Crippen molar-refractivity contribution in [2.75, 3.05) is 6.54 Å². The van der Waals surface area contributed by atoms with Gasteiger partial charge in [0.2, 0.25) is 0 Å². The second-order valence-electron chi connectivity index (χ2n) is 5.31. The van der Waals surface area contributed by atoms with Crippen LogP contribution < -0.4 is 5.32 Å². The van der Waals surface area contributed by atoms with Crippen molar-refractivity contribution in [2.45, 2.75) is 19.9 Å². The first-order valence-corrected chi connectivity index (χ1v) is 7.27. The SMILES string of the molecule is CCNC(c1ccc2nc(C)ccc2c1)c1ccn(C)n1. The number of hydrogen-bond donors (Lipinski definition) is 1. The van der Waals surface area contributed by atoms with Gasteiger partial charge in [0.05, 0.1) is 17.3 Å². The van der Waals surface area contributed by atoms with Crippen LogP contribution in [0.4, 0.5) is 0 Å². The summed E-state index contributed by atoms with van der Waals surface area (Å²) in [6.07, 6.45) is 1.98. The molecule has 0 saturated heterocycles. The molecule has 0 saturated carbocycles. The smallest absolute Gasteiger partial charge is 0.0839 e. The summed E-state index contributed by atoms with van der Waals surface area (Å²) >= 11 is 0. The first kappa shape index (κ1) is 13.8. The van der Waals surface area contributed by atoms with Crippen LogP contribution in [0.2, 0.25) is 0 Å². The molecule has 108 valence electrons. The zero-order valence-corrected chi connectivity index (χ0v) is 12.7. The highest BCUT2D eigenvalue weighted by atomic mass is 15.3. The van der Waals surface area contributed by atoms with Gasteiger partial charge >= 0.3 is 0 Å². The lowest BCUT2D eigenvalue weighted by atomic mass is 10.0. The Morgan fingerprint density at radius 1 is 1.19 bits per heavy atom. The lowest BCUT2D eigenvalue weighted by Crippen LogP contribution is -2.22. The van der Waals surface area contributed by atoms with Crippen molar-refractivity contribution in [3.05, 3.63) is 59.5 Å². The van der Waals surface area contributed by atoms with Crippen LogP contribution in [0.15, 0.2) is 42.6 Å². The summed E-state index contributed by atoms with van der Waals surface area (Å²) < 4.78 is 1.84. The summed E-state index contributed by atoms with van der Waals surface area (Å²) in [5.41, 5.74) is 4.34. The normalized spacial score (nSPS) is 12.7. The average molecular weight is 280 g/mol. The summed E-state index contributed by atoms with van der Waals surface area (Å²) in [6.45, 7) is 5.02. The van der Waals surface area contributed by atoms with Crippen molar-refractivity contribution in [1.29, 1.82) is 0 Å². The van der Waals surface area contributed by atoms with E-state index in [4.69, 9.17) is 0 Å². The Balaban J connectivity index is 2.04. The minimum atomic E-state index is 0.113. The third-order valence-corrected chi connectivity index (χ3v) is 3.62. The summed E-state index contributed by atoms with van der Waals surface area (Å²) in [4.78, 5) is 4.56. The van der Waals surface area contributed by atoms with Crippen molar-refractivity contribution in [3.8, 4) is 0 Å². The molecule has 2 heterocycles. The molecule has 0 fully saturated rings. The maximum absolute atomic E-state index is 4.56. The van der Waals surface area contributed by atoms with Gasteiger partial charge < -0.3 is 5.32 Å². The number of benzene rings is 1. The molecular formula is C17H20N4. The van der Waals surface area contributed by atoms with E-state index in [0.717, 1.165) is 28.8 Å². The highest BCUT2D eigenvalue weighted by Crippen LogP contribution is 2.24. The molecule has 0 spiro atoms. The zero-order valence-electron chi connectivity index (χ0n) is 12.7. The monoisotopic (exact) mass is 280 g/mol. The number of aromatic nitrogens is 3. The predicted molar refractivity (Wildman–Crippen MR) is 85.2 cm³/mol. The van der Waals surface area contributed by atoms with E-state index >= 15 is 0 Å². The third kappa shape index (κ3) is 2.81. The molecule has 3 aromatic rings. The van der Waals surface area contributed by atoms with Gasteiger partial charge in [-0.25, -0.2) is 0 Å². The molecular weight excluding hydrogens is 260 g/mol. The summed E-state index contributed by atoms with van der Waals surface area (Å²) in [6, 6.07) is 12.8. The van der Waals surface area contributed by atoms with Crippen LogP contribution in [-0.4, -0.2) is 21.3 Å². The lowest BCUT2D eigenvalue weighted by molar-refractivity contribution is 0.600. The van der Waals surface area contributed by atoms with Crippen LogP contribution in [0, 0.1) is 6.92 Å². The van der Waals surface area contributed by atoms with Crippen molar-refractivity contribution < 1.29 is 0 Å². The van der Waals surface area contributed by atoms with Gasteiger partial charge in [0.1, 0.15) is 0 Å². The van der Waals surface area contributed by atoms with E-state index in [9.17, 15) is 0 Å². The van der Waals surface area contributed by atoms with E-state index in [1.165, 1.54) is 5.56 Å². The fourth-order valence-corrected chi connectivity index (χ4v) is 2.61. The average Bonchev–Trinajstić information content (AvgIpc) is 2.90. The largest absolute Gasteiger partial charge is 0.305 e. The number of fused-ring (bicyclic) bond motifs is 1. The summed E-state index contributed by atoms with van der Waals surface area (Å²) in [7, 11) is 1.94. The highest BCUT2D eigenvalue weighted by Gasteiger charge is 2.16. The molecule has 0 amide bonds. The number of aryl methyl sites for hydroxylation is 2. The van der Waals surface area contributed by atoms with Crippen molar-refractivity contribution in [3.63, 3.8) is 0 Å². The van der Waals surface area contributed by atoms with Crippen LogP contribution in [0.3, 0.4) is 0 Å². The van der Waals surface area contributed by atoms with Crippen molar-refractivity contribution in [1.82, 2.24) is 20.1 Å². The lowest BCUT2D eigenvalue weighted by Gasteiger charge is -2.17. The molecule has 21 heavy (non-hydrogen) atoms. The maximum Gasteiger partial charge on any atom is 0.0839 e. The second-order valence-corrected chi connectivity index (χ2v) is 5.31. The number of pyridine rings is 1. The molecule has 1 aromatic carbocycles. The third-order valence-electron chi connectivity index (χ3n) is 3.62. The summed E-state index contributed by atoms with van der Waals surface area (Å²) in [5, 5.41) is 9.21. The standard InChI is InChI=1S/C17H20N4/c1-4-18-17(16-9-10-21(3)20-16)14-7-8-15-13(11-14)6-5-12(2)19-15/h5-11,17-18H,4H2,1-3H3. The Kier molecular flexibility index (Phi) is 3.71. The Morgan fingerprint density at radius 2 is 2.05 bits per heavy atom. The van der Waals surface area contributed by atoms with Gasteiger partial charge in [-0.15, -0.1) is 0 Å². The van der Waals surface area contributed by atoms with Gasteiger partial charge in [-0.1, -0.05) is 19.1 Å². The maximum atomic E-state index is 4.56. The minimum absolute atomic E-state index is 0.113. The Morgan fingerprint density at radius 3 is 2.76 bits per heavy atom. The first-order chi connectivity index (χ1) is 10.2. The number of hydrogen-bond acceptors (Lipinski definition) is 3. The van der Waals surface area contributed by atoms with E-state index in [1.54, 1.807) is 0 Å². The number of rotatable bonds is 4. The molecule has 2 aromatic heterocycles. The minimum Gasteiger partial charge on any atom is -0.305 e. The first-order valence-electron chi connectivity index (χ1n) is 7.27. The number of nitrogens with one attached hydrogen (secondary N) is 1. The second kappa shape index (κ2) is 5.66. The molecule has 1 atom stereocenters. The van der Waals surface area contributed by atoms with Gasteiger partial charge in [0, 0.05) is 24.3 Å². The van der Waals surface area contributed by atoms with Gasteiger partial charge in [-0.2, -0.15) is 5.10 Å². The van der Waals surface area contributed by atoms with Crippen LogP contribution in [0.25, 0.3) is 10.9 Å². The molecule has 4 heteroatoms. The van der Waals surface area contributed by atoms with Gasteiger partial charge in [-0.3, -0.25) is 9.67 Å². The predicted octanol–water partition coefficient (Wildman–Crippen LogP) is 2.98. The molecule has 1 unspecified atom stereocenters. The zero-order chi connectivity index (χ0) is 14.8. The fourth-order valence-electron chi connectivity index (χ4n) is 2.61. The molecule has 1 N–H and O–H groups in total. The quantitative estimate of drug-likeness (QED) is 0.799. The van der Waals surface area contributed by atoms with Crippen molar-refractivity contribution >= 4 is 10.9 Å². The van der Waals surface area contributed by atoms with Gasteiger partial charge in [0.25, 0.3) is 0 Å². The van der Waals surface area contributed by atoms with Crippen LogP contribution in [-0.2, 0) is 7.05 Å². The van der Waals surface area contributed by atoms with E-state index in [2.05, 4.69) is 58.7 Å². The fraction of sp³-hybridized carbons (Fsp3) is 0.294. The van der Waals surface area contributed by atoms with E-state index in [1.807, 2.05) is 24.9 Å². The Bertz CT molecular complexity index is 760. The Hall–Kier alpha value is -2.20. The van der Waals surface area contributed by atoms with Crippen LogP contribution in [0.1, 0.15) is 29.9 Å². The molecule has 0 radical (unpaired) electrons. The Labute approximate surface area is 124 Å². The van der Waals surface area contributed by atoms with E-state index in [-0.39, 0.29) is 6.04 Å². The van der Waals surface area contributed by atoms with Gasteiger partial charge in [0.15, 0.2) is 0 Å². The van der Waals surface area contributed by atoms with Gasteiger partial charge in [-0.05, 0) is 43.3 Å². The molecule has 4 nitrogen and oxygen atoms in total. The molecule has 0 aliphatic rings. The molecule has 3 rings (SSSR count). The van der Waals surface area contributed by atoms with Crippen LogP contribution >= 0.6 is 0 Å². The molecule has 0 aliphatic heterocycles. The topological polar surface area (TPSA) is 42.7 Å². The molecule has 0 bridgehead atoms. The highest BCUT2D eigenvalue weighted by molar-refractivity contribution is 5.79. The van der Waals surface area contributed by atoms with Crippen LogP contribution in [0.5, 0.6) is 0 Å². The summed E-state index contributed by atoms with van der Waals surface area (Å²) in [5.74, 6) is 0. The van der Waals surface area contributed by atoms with E-state index < -0.39 is 0 Å². The van der Waals surface area contributed by atoms with E-state index in [0.29, 0.717) is 0 Å². The van der Waals surface area contributed by atoms with Crippen molar-refractivity contribution in [2.24, 2.45) is 7.05 Å². The molecule has 0 aliphatic carbocycles.